The number of aromatic nitrogens is 6. The van der Waals surface area contributed by atoms with Crippen molar-refractivity contribution in [2.45, 2.75) is 70.7 Å². The van der Waals surface area contributed by atoms with Crippen molar-refractivity contribution >= 4 is 67.1 Å². The zero-order valence-corrected chi connectivity index (χ0v) is 31.3. The zero-order chi connectivity index (χ0) is 37.5. The minimum Gasteiger partial charge on any atom is -0.483 e. The van der Waals surface area contributed by atoms with Crippen LogP contribution in [0, 0.1) is 0 Å². The Morgan fingerprint density at radius 1 is 0.815 bits per heavy atom. The van der Waals surface area contributed by atoms with Crippen LogP contribution in [0.3, 0.4) is 0 Å². The average molecular weight is 723 g/mol. The Morgan fingerprint density at radius 3 is 2.26 bits per heavy atom. The van der Waals surface area contributed by atoms with Gasteiger partial charge in [0.1, 0.15) is 45.6 Å². The maximum atomic E-state index is 11.3. The summed E-state index contributed by atoms with van der Waals surface area (Å²) in [7, 11) is 0. The number of benzene rings is 2. The molecule has 12 heteroatoms. The summed E-state index contributed by atoms with van der Waals surface area (Å²) < 4.78 is 11.1. The van der Waals surface area contributed by atoms with Crippen molar-refractivity contribution in [1.29, 1.82) is 0 Å². The number of nitrogens with two attached hydrogens (primary N) is 2. The van der Waals surface area contributed by atoms with Gasteiger partial charge in [-0.05, 0) is 108 Å². The predicted octanol–water partition coefficient (Wildman–Crippen LogP) is 6.61. The third-order valence-corrected chi connectivity index (χ3v) is 10.6. The molecule has 2 atom stereocenters. The fourth-order valence-electron chi connectivity index (χ4n) is 7.87. The van der Waals surface area contributed by atoms with Crippen molar-refractivity contribution in [3.8, 4) is 5.75 Å². The fourth-order valence-corrected chi connectivity index (χ4v) is 7.87. The number of pyridine rings is 4. The predicted molar refractivity (Wildman–Crippen MR) is 216 cm³/mol. The van der Waals surface area contributed by atoms with Crippen molar-refractivity contribution < 1.29 is 9.84 Å². The third-order valence-electron chi connectivity index (χ3n) is 10.6. The first-order chi connectivity index (χ1) is 25.8. The molecule has 0 bridgehead atoms. The SMILES string of the molecule is C[C@@H](N)CNc1ccc2cc(C(C)(C)O)c3nc4cc(OC(C)(C)c5cc6ccc(N7CCC[C@H](N)C7)nc6n6c5nc5ccccc56)ccc4n3c2n1. The normalized spacial score (nSPS) is 16.4. The number of anilines is 2. The van der Waals surface area contributed by atoms with E-state index in [1.54, 1.807) is 13.8 Å². The molecule has 6 aromatic heterocycles. The summed E-state index contributed by atoms with van der Waals surface area (Å²) in [5.74, 6) is 2.30. The molecule has 1 aliphatic rings. The highest BCUT2D eigenvalue weighted by atomic mass is 16.5. The van der Waals surface area contributed by atoms with Gasteiger partial charge in [-0.25, -0.2) is 19.9 Å². The van der Waals surface area contributed by atoms with Crippen LogP contribution in [0.15, 0.2) is 78.9 Å². The van der Waals surface area contributed by atoms with Gasteiger partial charge in [0.15, 0.2) is 0 Å². The highest BCUT2D eigenvalue weighted by Crippen LogP contribution is 2.38. The van der Waals surface area contributed by atoms with E-state index in [0.717, 1.165) is 92.9 Å². The van der Waals surface area contributed by atoms with Crippen molar-refractivity contribution in [2.75, 3.05) is 29.9 Å². The molecule has 0 spiro atoms. The second-order valence-corrected chi connectivity index (χ2v) is 15.9. The van der Waals surface area contributed by atoms with Gasteiger partial charge in [-0.1, -0.05) is 12.1 Å². The van der Waals surface area contributed by atoms with E-state index >= 15 is 0 Å². The maximum Gasteiger partial charge on any atom is 0.148 e. The lowest BCUT2D eigenvalue weighted by atomic mass is 9.97. The quantitative estimate of drug-likeness (QED) is 0.135. The Kier molecular flexibility index (Phi) is 7.93. The second-order valence-electron chi connectivity index (χ2n) is 15.9. The molecule has 54 heavy (non-hydrogen) atoms. The van der Waals surface area contributed by atoms with Crippen LogP contribution < -0.4 is 26.4 Å². The van der Waals surface area contributed by atoms with Gasteiger partial charge in [0.25, 0.3) is 0 Å². The second kappa shape index (κ2) is 12.5. The number of fused-ring (bicyclic) bond motifs is 10. The van der Waals surface area contributed by atoms with E-state index < -0.39 is 11.2 Å². The van der Waals surface area contributed by atoms with Gasteiger partial charge >= 0.3 is 0 Å². The monoisotopic (exact) mass is 722 g/mol. The number of nitrogens with zero attached hydrogens (tertiary/aromatic N) is 7. The molecule has 0 aliphatic carbocycles. The summed E-state index contributed by atoms with van der Waals surface area (Å²) in [6, 6.07) is 26.5. The largest absolute Gasteiger partial charge is 0.483 e. The van der Waals surface area contributed by atoms with E-state index in [9.17, 15) is 5.11 Å². The van der Waals surface area contributed by atoms with Gasteiger partial charge in [0, 0.05) is 59.7 Å². The molecule has 7 heterocycles. The van der Waals surface area contributed by atoms with Gasteiger partial charge in [-0.3, -0.25) is 8.80 Å². The van der Waals surface area contributed by atoms with E-state index in [1.807, 2.05) is 65.9 Å². The first-order valence-electron chi connectivity index (χ1n) is 18.7. The summed E-state index contributed by atoms with van der Waals surface area (Å²) in [4.78, 5) is 22.7. The minimum absolute atomic E-state index is 0.0241. The van der Waals surface area contributed by atoms with Gasteiger partial charge in [-0.2, -0.15) is 0 Å². The first-order valence-corrected chi connectivity index (χ1v) is 18.7. The van der Waals surface area contributed by atoms with Gasteiger partial charge < -0.3 is 31.5 Å². The van der Waals surface area contributed by atoms with Crippen LogP contribution in [0.2, 0.25) is 0 Å². The van der Waals surface area contributed by atoms with Gasteiger partial charge in [0.05, 0.1) is 27.7 Å². The van der Waals surface area contributed by atoms with Crippen molar-refractivity contribution in [3.05, 3.63) is 90.0 Å². The highest BCUT2D eigenvalue weighted by Gasteiger charge is 2.30. The van der Waals surface area contributed by atoms with Crippen LogP contribution in [0.1, 0.15) is 58.6 Å². The molecule has 0 amide bonds. The molecular formula is C42H46N10O2. The number of ether oxygens (including phenoxy) is 1. The summed E-state index contributed by atoms with van der Waals surface area (Å²) in [6.45, 7) is 12.0. The summed E-state index contributed by atoms with van der Waals surface area (Å²) in [6.07, 6.45) is 2.09. The molecule has 0 saturated carbocycles. The molecular weight excluding hydrogens is 677 g/mol. The Balaban J connectivity index is 1.16. The van der Waals surface area contributed by atoms with E-state index in [0.29, 0.717) is 23.5 Å². The lowest BCUT2D eigenvalue weighted by Crippen LogP contribution is -2.43. The van der Waals surface area contributed by atoms with E-state index in [4.69, 9.17) is 36.1 Å². The third kappa shape index (κ3) is 5.81. The molecule has 276 valence electrons. The van der Waals surface area contributed by atoms with E-state index in [2.05, 4.69) is 52.7 Å². The van der Waals surface area contributed by atoms with Crippen LogP contribution in [0.5, 0.6) is 5.75 Å². The van der Waals surface area contributed by atoms with E-state index in [-0.39, 0.29) is 12.1 Å². The molecule has 9 rings (SSSR count). The Hall–Kier alpha value is -5.56. The number of hydrogen-bond acceptors (Lipinski definition) is 10. The fraction of sp³-hybridized carbons (Fsp3) is 0.333. The van der Waals surface area contributed by atoms with Crippen LogP contribution in [0.25, 0.3) is 55.4 Å². The zero-order valence-electron chi connectivity index (χ0n) is 31.3. The molecule has 0 unspecified atom stereocenters. The lowest BCUT2D eigenvalue weighted by molar-refractivity contribution is 0.0798. The van der Waals surface area contributed by atoms with Crippen LogP contribution >= 0.6 is 0 Å². The number of imidazole rings is 2. The van der Waals surface area contributed by atoms with Crippen LogP contribution in [-0.4, -0.2) is 65.6 Å². The smallest absolute Gasteiger partial charge is 0.148 e. The van der Waals surface area contributed by atoms with Gasteiger partial charge in [-0.15, -0.1) is 0 Å². The van der Waals surface area contributed by atoms with Crippen LogP contribution in [-0.2, 0) is 11.2 Å². The molecule has 6 N–H and O–H groups in total. The summed E-state index contributed by atoms with van der Waals surface area (Å²) >= 11 is 0. The van der Waals surface area contributed by atoms with E-state index in [1.165, 1.54) is 0 Å². The highest BCUT2D eigenvalue weighted by molar-refractivity contribution is 5.93. The first kappa shape index (κ1) is 34.2. The molecule has 1 fully saturated rings. The summed E-state index contributed by atoms with van der Waals surface area (Å²) in [5.41, 5.74) is 18.5. The Labute approximate surface area is 312 Å². The van der Waals surface area contributed by atoms with Crippen molar-refractivity contribution in [2.24, 2.45) is 11.5 Å². The molecule has 1 saturated heterocycles. The average Bonchev–Trinajstić information content (AvgIpc) is 3.71. The molecule has 0 radical (unpaired) electrons. The van der Waals surface area contributed by atoms with Gasteiger partial charge in [0.2, 0.25) is 0 Å². The summed E-state index contributed by atoms with van der Waals surface area (Å²) in [5, 5.41) is 16.5. The van der Waals surface area contributed by atoms with Crippen molar-refractivity contribution in [3.63, 3.8) is 0 Å². The number of piperidine rings is 1. The Morgan fingerprint density at radius 2 is 1.50 bits per heavy atom. The number of rotatable bonds is 8. The minimum atomic E-state index is -1.14. The van der Waals surface area contributed by atoms with Crippen LogP contribution in [0.4, 0.5) is 11.6 Å². The maximum absolute atomic E-state index is 11.3. The number of hydrogen-bond donors (Lipinski definition) is 4. The molecule has 8 aromatic rings. The molecule has 12 nitrogen and oxygen atoms in total. The number of aliphatic hydroxyl groups is 1. The van der Waals surface area contributed by atoms with Crippen molar-refractivity contribution in [1.82, 2.24) is 28.7 Å². The standard InChI is InChI=1S/C42H46N10O2/c1-24(43)22-45-35-16-12-25-19-29(41(2,3)53)39-47-32-21-28(14-15-34(32)52(39)37(25)48-35)54-42(4,5)30-20-26-13-17-36(50-18-8-9-27(44)23-50)49-38(26)51-33-11-7-6-10-31(33)46-40(30)51/h6-7,10-17,19-21,24,27,53H,8-9,18,22-23,43-44H2,1-5H3,(H,45,48)/t24-,27+/m1/s1. The number of nitrogens with one attached hydrogen (secondary N) is 1. The molecule has 1 aliphatic heterocycles. The molecule has 2 aromatic carbocycles. The topological polar surface area (TPSA) is 157 Å². The Bertz CT molecular complexity index is 2740. The lowest BCUT2D eigenvalue weighted by Gasteiger charge is -2.32. The number of para-hydroxylation sites is 2.